The first-order chi connectivity index (χ1) is 20.1. The zero-order chi connectivity index (χ0) is 29.6. The number of carbonyl (C=O) groups is 1. The minimum atomic E-state index is -3.69. The van der Waals surface area contributed by atoms with Gasteiger partial charge < -0.3 is 24.1 Å². The number of rotatable bonds is 9. The summed E-state index contributed by atoms with van der Waals surface area (Å²) in [5, 5.41) is 13.1. The molecule has 12 heteroatoms. The summed E-state index contributed by atoms with van der Waals surface area (Å²) in [6, 6.07) is 16.3. The fourth-order valence-corrected chi connectivity index (χ4v) is 6.39. The third kappa shape index (κ3) is 5.74. The fraction of sp³-hybridized carbons (Fsp3) is 0.300. The number of anilines is 1. The molecular formula is C30H30BFN2O7S. The molecule has 0 spiro atoms. The van der Waals surface area contributed by atoms with Crippen molar-refractivity contribution in [3.63, 3.8) is 0 Å². The van der Waals surface area contributed by atoms with Crippen LogP contribution in [0.15, 0.2) is 65.1 Å². The Bertz CT molecular complexity index is 1740. The Labute approximate surface area is 243 Å². The summed E-state index contributed by atoms with van der Waals surface area (Å²) in [4.78, 5) is 13.2. The maximum Gasteiger partial charge on any atom is 0.454 e. The highest BCUT2D eigenvalue weighted by molar-refractivity contribution is 7.92. The molecule has 218 valence electrons. The van der Waals surface area contributed by atoms with E-state index in [4.69, 9.17) is 13.8 Å². The van der Waals surface area contributed by atoms with Gasteiger partial charge in [-0.3, -0.25) is 9.10 Å². The molecule has 3 aromatic carbocycles. The van der Waals surface area contributed by atoms with Gasteiger partial charge in [0.25, 0.3) is 5.91 Å². The van der Waals surface area contributed by atoms with Crippen molar-refractivity contribution in [2.24, 2.45) is 5.92 Å². The zero-order valence-electron chi connectivity index (χ0n) is 23.2. The molecule has 2 aliphatic rings. The summed E-state index contributed by atoms with van der Waals surface area (Å²) < 4.78 is 58.1. The minimum Gasteiger partial charge on any atom is -0.457 e. The van der Waals surface area contributed by atoms with Gasteiger partial charge in [-0.15, -0.1) is 0 Å². The largest absolute Gasteiger partial charge is 0.457 e. The van der Waals surface area contributed by atoms with Gasteiger partial charge in [0, 0.05) is 37.2 Å². The number of carbonyl (C=O) groups excluding carboxylic acids is 1. The Kier molecular flexibility index (Phi) is 7.46. The van der Waals surface area contributed by atoms with E-state index in [2.05, 4.69) is 5.32 Å². The van der Waals surface area contributed by atoms with E-state index in [9.17, 15) is 22.6 Å². The predicted molar refractivity (Wildman–Crippen MR) is 158 cm³/mol. The first-order valence-corrected chi connectivity index (χ1v) is 15.6. The molecule has 2 N–H and O–H groups in total. The number of fused-ring (bicyclic) bond motifs is 1. The van der Waals surface area contributed by atoms with Gasteiger partial charge in [-0.05, 0) is 91.2 Å². The summed E-state index contributed by atoms with van der Waals surface area (Å²) in [5.74, 6) is 0.652. The molecule has 1 amide bonds. The third-order valence-corrected chi connectivity index (χ3v) is 8.77. The normalized spacial score (nSPS) is 17.0. The number of hydrogen-bond donors (Lipinski definition) is 2. The van der Waals surface area contributed by atoms with Crippen molar-refractivity contribution in [3.8, 4) is 22.8 Å². The van der Waals surface area contributed by atoms with Gasteiger partial charge in [-0.25, -0.2) is 12.8 Å². The standard InChI is InChI=1S/C30H30BFN2O7S/c1-33-30(35)28-25-13-24(19-3-4-19)26(34(42(2,37)38)16-18-15-31(36)39-17-18)14-27(25)41-29(28)20-5-9-22(10-6-20)40-23-11-7-21(32)8-12-23/h5-14,18-19,36H,3-4,15-17H2,1-2H3,(H,33,35). The minimum absolute atomic E-state index is 0.159. The number of nitrogens with one attached hydrogen (secondary N) is 1. The average molecular weight is 592 g/mol. The molecule has 9 nitrogen and oxygen atoms in total. The van der Waals surface area contributed by atoms with E-state index in [1.165, 1.54) is 34.8 Å². The molecule has 42 heavy (non-hydrogen) atoms. The number of sulfonamides is 1. The first kappa shape index (κ1) is 28.3. The SMILES string of the molecule is CNC(=O)c1c(-c2ccc(Oc3ccc(F)cc3)cc2)oc2cc(N(CC3COB(O)C3)S(C)(=O)=O)c(C3CC3)cc12. The Morgan fingerprint density at radius 3 is 2.36 bits per heavy atom. The van der Waals surface area contributed by atoms with Crippen molar-refractivity contribution >= 4 is 39.7 Å². The molecule has 2 fully saturated rings. The lowest BCUT2D eigenvalue weighted by molar-refractivity contribution is 0.0964. The van der Waals surface area contributed by atoms with E-state index >= 15 is 0 Å². The highest BCUT2D eigenvalue weighted by atomic mass is 32.2. The molecule has 1 atom stereocenters. The lowest BCUT2D eigenvalue weighted by atomic mass is 9.82. The first-order valence-electron chi connectivity index (χ1n) is 13.7. The van der Waals surface area contributed by atoms with Crippen molar-refractivity contribution in [1.29, 1.82) is 0 Å². The molecule has 1 aromatic heterocycles. The molecule has 4 aromatic rings. The highest BCUT2D eigenvalue weighted by Crippen LogP contribution is 2.48. The van der Waals surface area contributed by atoms with Crippen LogP contribution >= 0.6 is 0 Å². The molecule has 1 saturated heterocycles. The van der Waals surface area contributed by atoms with Crippen LogP contribution in [-0.2, 0) is 14.7 Å². The van der Waals surface area contributed by atoms with Crippen LogP contribution in [0.2, 0.25) is 6.32 Å². The second-order valence-electron chi connectivity index (χ2n) is 10.8. The van der Waals surface area contributed by atoms with Gasteiger partial charge >= 0.3 is 7.12 Å². The van der Waals surface area contributed by atoms with Gasteiger partial charge in [-0.2, -0.15) is 0 Å². The molecule has 6 rings (SSSR count). The van der Waals surface area contributed by atoms with E-state index < -0.39 is 17.1 Å². The molecule has 1 aliphatic carbocycles. The second-order valence-corrected chi connectivity index (χ2v) is 12.7. The van der Waals surface area contributed by atoms with Crippen LogP contribution in [0.4, 0.5) is 10.1 Å². The molecular weight excluding hydrogens is 562 g/mol. The number of nitrogens with zero attached hydrogens (tertiary/aromatic N) is 1. The Hall–Kier alpha value is -3.87. The summed E-state index contributed by atoms with van der Waals surface area (Å²) in [7, 11) is -3.05. The number of amides is 1. The van der Waals surface area contributed by atoms with Gasteiger partial charge in [-0.1, -0.05) is 0 Å². The van der Waals surface area contributed by atoms with Gasteiger partial charge in [0.1, 0.15) is 28.7 Å². The molecule has 0 radical (unpaired) electrons. The average Bonchev–Trinajstić information content (AvgIpc) is 3.62. The lowest BCUT2D eigenvalue weighted by Gasteiger charge is -2.27. The monoisotopic (exact) mass is 592 g/mol. The zero-order valence-corrected chi connectivity index (χ0v) is 24.0. The number of halogens is 1. The van der Waals surface area contributed by atoms with Gasteiger partial charge in [0.15, 0.2) is 0 Å². The van der Waals surface area contributed by atoms with Crippen molar-refractivity contribution < 1.29 is 36.4 Å². The maximum atomic E-state index is 13.2. The summed E-state index contributed by atoms with van der Waals surface area (Å²) in [6.07, 6.45) is 3.34. The summed E-state index contributed by atoms with van der Waals surface area (Å²) in [6.45, 7) is 0.424. The molecule has 1 saturated carbocycles. The van der Waals surface area contributed by atoms with Crippen LogP contribution in [0.1, 0.15) is 34.7 Å². The van der Waals surface area contributed by atoms with Crippen LogP contribution in [0.25, 0.3) is 22.3 Å². The van der Waals surface area contributed by atoms with Crippen LogP contribution in [0.3, 0.4) is 0 Å². The second kappa shape index (κ2) is 11.1. The summed E-state index contributed by atoms with van der Waals surface area (Å²) in [5.41, 5.74) is 2.72. The Morgan fingerprint density at radius 2 is 1.79 bits per heavy atom. The van der Waals surface area contributed by atoms with Gasteiger partial charge in [0.05, 0.1) is 17.5 Å². The fourth-order valence-electron chi connectivity index (χ4n) is 5.40. The Balaban J connectivity index is 1.42. The summed E-state index contributed by atoms with van der Waals surface area (Å²) >= 11 is 0. The van der Waals surface area contributed by atoms with E-state index in [0.29, 0.717) is 51.4 Å². The lowest BCUT2D eigenvalue weighted by Crippen LogP contribution is -2.35. The Morgan fingerprint density at radius 1 is 1.12 bits per heavy atom. The number of ether oxygens (including phenoxy) is 1. The molecule has 2 heterocycles. The number of furan rings is 1. The van der Waals surface area contributed by atoms with Crippen LogP contribution < -0.4 is 14.4 Å². The van der Waals surface area contributed by atoms with Crippen molar-refractivity contribution in [2.45, 2.75) is 25.1 Å². The van der Waals surface area contributed by atoms with E-state index in [-0.39, 0.29) is 36.7 Å². The van der Waals surface area contributed by atoms with E-state index in [1.54, 1.807) is 37.4 Å². The topological polar surface area (TPSA) is 118 Å². The van der Waals surface area contributed by atoms with E-state index in [0.717, 1.165) is 18.4 Å². The van der Waals surface area contributed by atoms with Gasteiger partial charge in [0.2, 0.25) is 10.0 Å². The van der Waals surface area contributed by atoms with E-state index in [1.807, 2.05) is 6.07 Å². The molecule has 0 bridgehead atoms. The quantitative estimate of drug-likeness (QED) is 0.258. The number of hydrogen-bond acceptors (Lipinski definition) is 7. The molecule has 1 unspecified atom stereocenters. The van der Waals surface area contributed by atoms with Crippen LogP contribution in [-0.4, -0.2) is 52.9 Å². The predicted octanol–water partition coefficient (Wildman–Crippen LogP) is 5.16. The van der Waals surface area contributed by atoms with Crippen LogP contribution in [0.5, 0.6) is 11.5 Å². The smallest absolute Gasteiger partial charge is 0.454 e. The maximum absolute atomic E-state index is 13.2. The number of benzene rings is 3. The van der Waals surface area contributed by atoms with Crippen molar-refractivity contribution in [3.05, 3.63) is 77.6 Å². The van der Waals surface area contributed by atoms with Crippen LogP contribution in [0, 0.1) is 11.7 Å². The molecule has 1 aliphatic heterocycles. The van der Waals surface area contributed by atoms with Crippen molar-refractivity contribution in [2.75, 3.05) is 30.8 Å². The highest BCUT2D eigenvalue weighted by Gasteiger charge is 2.36. The third-order valence-electron chi connectivity index (χ3n) is 7.63. The van der Waals surface area contributed by atoms with Crippen molar-refractivity contribution in [1.82, 2.24) is 5.32 Å².